The summed E-state index contributed by atoms with van der Waals surface area (Å²) in [4.78, 5) is 18.6. The third kappa shape index (κ3) is 4.17. The number of pyridine rings is 1. The molecule has 5 rings (SSSR count). The number of hydrogen-bond donors (Lipinski definition) is 1. The fraction of sp³-hybridized carbons (Fsp3) is 0.304. The Labute approximate surface area is 188 Å². The van der Waals surface area contributed by atoms with Crippen LogP contribution in [0.25, 0.3) is 33.6 Å². The molecule has 1 fully saturated rings. The van der Waals surface area contributed by atoms with Crippen LogP contribution < -0.4 is 4.74 Å². The maximum absolute atomic E-state index is 14.5. The van der Waals surface area contributed by atoms with Gasteiger partial charge in [-0.1, -0.05) is 5.16 Å². The number of methoxy groups -OCH3 is 1. The number of halogens is 1. The van der Waals surface area contributed by atoms with E-state index in [0.717, 1.165) is 25.9 Å². The molecule has 0 bridgehead atoms. The largest absolute Gasteiger partial charge is 0.488 e. The van der Waals surface area contributed by atoms with Gasteiger partial charge in [0, 0.05) is 49.5 Å². The molecule has 1 aliphatic rings. The zero-order valence-corrected chi connectivity index (χ0v) is 18.0. The molecule has 0 unspecified atom stereocenters. The Morgan fingerprint density at radius 3 is 2.82 bits per heavy atom. The summed E-state index contributed by atoms with van der Waals surface area (Å²) in [5.74, 6) is -0.0810. The predicted octanol–water partition coefficient (Wildman–Crippen LogP) is 3.68. The van der Waals surface area contributed by atoms with Gasteiger partial charge in [0.05, 0.1) is 12.1 Å². The molecule has 1 N–H and O–H groups in total. The van der Waals surface area contributed by atoms with Gasteiger partial charge in [0.2, 0.25) is 0 Å². The Morgan fingerprint density at radius 1 is 1.21 bits per heavy atom. The number of amides is 1. The number of aromatic amines is 1. The van der Waals surface area contributed by atoms with E-state index in [-0.39, 0.29) is 18.3 Å². The van der Waals surface area contributed by atoms with Crippen LogP contribution in [0, 0.1) is 5.82 Å². The fourth-order valence-electron chi connectivity index (χ4n) is 3.83. The second-order valence-corrected chi connectivity index (χ2v) is 7.75. The van der Waals surface area contributed by atoms with E-state index in [2.05, 4.69) is 20.3 Å². The molecule has 4 heterocycles. The molecule has 0 spiro atoms. The molecule has 10 heteroatoms. The zero-order chi connectivity index (χ0) is 22.8. The van der Waals surface area contributed by atoms with Crippen molar-refractivity contribution >= 4 is 16.8 Å². The van der Waals surface area contributed by atoms with Crippen molar-refractivity contribution < 1.29 is 23.2 Å². The van der Waals surface area contributed by atoms with E-state index < -0.39 is 5.82 Å². The zero-order valence-electron chi connectivity index (χ0n) is 18.0. The monoisotopic (exact) mass is 451 g/mol. The first-order valence-electron chi connectivity index (χ1n) is 10.7. The third-order valence-electron chi connectivity index (χ3n) is 5.58. The summed E-state index contributed by atoms with van der Waals surface area (Å²) in [6.45, 7) is 2.14. The van der Waals surface area contributed by atoms with Gasteiger partial charge in [-0.25, -0.2) is 4.39 Å². The molecule has 33 heavy (non-hydrogen) atoms. The molecule has 0 saturated carbocycles. The molecule has 9 nitrogen and oxygen atoms in total. The van der Waals surface area contributed by atoms with Gasteiger partial charge in [-0.05, 0) is 31.0 Å². The molecule has 0 atom stereocenters. The van der Waals surface area contributed by atoms with Crippen molar-refractivity contribution in [2.24, 2.45) is 0 Å². The van der Waals surface area contributed by atoms with Crippen LogP contribution in [0.15, 0.2) is 41.1 Å². The number of carbonyl (C=O) groups is 1. The van der Waals surface area contributed by atoms with Crippen molar-refractivity contribution in [3.8, 4) is 28.5 Å². The molecular formula is C23H22FN5O4. The van der Waals surface area contributed by atoms with Crippen LogP contribution in [0.5, 0.6) is 5.75 Å². The number of aromatic nitrogens is 4. The first kappa shape index (κ1) is 21.1. The van der Waals surface area contributed by atoms with E-state index in [0.29, 0.717) is 45.9 Å². The average Bonchev–Trinajstić information content (AvgIpc) is 3.60. The van der Waals surface area contributed by atoms with Gasteiger partial charge in [0.15, 0.2) is 17.3 Å². The molecule has 1 saturated heterocycles. The van der Waals surface area contributed by atoms with E-state index in [4.69, 9.17) is 14.0 Å². The lowest BCUT2D eigenvalue weighted by molar-refractivity contribution is 0.0787. The Morgan fingerprint density at radius 2 is 2.06 bits per heavy atom. The van der Waals surface area contributed by atoms with Crippen LogP contribution in [0.4, 0.5) is 4.39 Å². The summed E-state index contributed by atoms with van der Waals surface area (Å²) < 4.78 is 30.3. The Hall–Kier alpha value is -3.79. The minimum absolute atomic E-state index is 0.0597. The Bertz CT molecular complexity index is 1280. The lowest BCUT2D eigenvalue weighted by Gasteiger charge is -2.14. The Balaban J connectivity index is 1.37. The number of nitrogens with one attached hydrogen (secondary N) is 1. The van der Waals surface area contributed by atoms with E-state index in [1.165, 1.54) is 6.07 Å². The number of carbonyl (C=O) groups excluding carboxylic acids is 1. The highest BCUT2D eigenvalue weighted by molar-refractivity contribution is 5.94. The number of ether oxygens (including phenoxy) is 2. The van der Waals surface area contributed by atoms with Gasteiger partial charge in [-0.15, -0.1) is 0 Å². The smallest absolute Gasteiger partial charge is 0.272 e. The highest BCUT2D eigenvalue weighted by Gasteiger charge is 2.21. The summed E-state index contributed by atoms with van der Waals surface area (Å²) in [5, 5.41) is 11.8. The van der Waals surface area contributed by atoms with Crippen molar-refractivity contribution in [3.63, 3.8) is 0 Å². The Kier molecular flexibility index (Phi) is 5.74. The number of benzene rings is 1. The average molecular weight is 451 g/mol. The van der Waals surface area contributed by atoms with Gasteiger partial charge < -0.3 is 18.9 Å². The van der Waals surface area contributed by atoms with Gasteiger partial charge >= 0.3 is 0 Å². The van der Waals surface area contributed by atoms with Crippen LogP contribution in [0.2, 0.25) is 0 Å². The van der Waals surface area contributed by atoms with Crippen molar-refractivity contribution in [2.75, 3.05) is 33.4 Å². The third-order valence-corrected chi connectivity index (χ3v) is 5.58. The highest BCUT2D eigenvalue weighted by Crippen LogP contribution is 2.32. The number of fused-ring (bicyclic) bond motifs is 1. The second-order valence-electron chi connectivity index (χ2n) is 7.75. The van der Waals surface area contributed by atoms with Crippen molar-refractivity contribution in [2.45, 2.75) is 12.8 Å². The number of likely N-dealkylation sites (tertiary alicyclic amines) is 1. The van der Waals surface area contributed by atoms with E-state index >= 15 is 0 Å². The number of hydrogen-bond acceptors (Lipinski definition) is 7. The van der Waals surface area contributed by atoms with Crippen molar-refractivity contribution in [1.82, 2.24) is 25.2 Å². The van der Waals surface area contributed by atoms with Gasteiger partial charge in [0.1, 0.15) is 23.7 Å². The molecule has 1 amide bonds. The summed E-state index contributed by atoms with van der Waals surface area (Å²) in [5.41, 5.74) is 2.67. The van der Waals surface area contributed by atoms with Gasteiger partial charge in [0.25, 0.3) is 5.91 Å². The SMILES string of the molecule is COCCOc1cc2[nH]nc(-c3cc(-c4ccc(C(=O)N5CCCC5)nc4)no3)c2cc1F. The summed E-state index contributed by atoms with van der Waals surface area (Å²) >= 11 is 0. The molecule has 0 aliphatic carbocycles. The standard InChI is InChI=1S/C23H22FN5O4/c1-31-8-9-32-20-12-19-15(10-16(20)24)22(27-26-19)21-11-18(28-33-21)14-4-5-17(25-13-14)23(30)29-6-2-3-7-29/h4-5,10-13H,2-3,6-9H2,1H3,(H,26,27). The van der Waals surface area contributed by atoms with Gasteiger partial charge in [-0.2, -0.15) is 5.10 Å². The molecule has 4 aromatic rings. The van der Waals surface area contributed by atoms with Crippen LogP contribution in [-0.2, 0) is 4.74 Å². The molecule has 170 valence electrons. The summed E-state index contributed by atoms with van der Waals surface area (Å²) in [6, 6.07) is 8.07. The van der Waals surface area contributed by atoms with Crippen molar-refractivity contribution in [1.29, 1.82) is 0 Å². The number of rotatable bonds is 7. The molecule has 1 aromatic carbocycles. The molecular weight excluding hydrogens is 429 g/mol. The van der Waals surface area contributed by atoms with Crippen molar-refractivity contribution in [3.05, 3.63) is 48.0 Å². The lowest BCUT2D eigenvalue weighted by atomic mass is 10.1. The topological polar surface area (TPSA) is 106 Å². The minimum atomic E-state index is -0.511. The normalized spacial score (nSPS) is 13.7. The minimum Gasteiger partial charge on any atom is -0.488 e. The summed E-state index contributed by atoms with van der Waals surface area (Å²) in [7, 11) is 1.55. The number of nitrogens with zero attached hydrogens (tertiary/aromatic N) is 4. The number of H-pyrrole nitrogens is 1. The highest BCUT2D eigenvalue weighted by atomic mass is 19.1. The fourth-order valence-corrected chi connectivity index (χ4v) is 3.83. The molecule has 1 aliphatic heterocycles. The quantitative estimate of drug-likeness (QED) is 0.427. The maximum atomic E-state index is 14.5. The maximum Gasteiger partial charge on any atom is 0.272 e. The van der Waals surface area contributed by atoms with Crippen LogP contribution in [0.1, 0.15) is 23.3 Å². The first-order valence-corrected chi connectivity index (χ1v) is 10.7. The summed E-state index contributed by atoms with van der Waals surface area (Å²) in [6.07, 6.45) is 3.65. The lowest BCUT2D eigenvalue weighted by Crippen LogP contribution is -2.28. The second kappa shape index (κ2) is 8.99. The van der Waals surface area contributed by atoms with Gasteiger partial charge in [-0.3, -0.25) is 14.9 Å². The van der Waals surface area contributed by atoms with E-state index in [9.17, 15) is 9.18 Å². The van der Waals surface area contributed by atoms with E-state index in [1.54, 1.807) is 37.6 Å². The van der Waals surface area contributed by atoms with Crippen LogP contribution in [-0.4, -0.2) is 64.6 Å². The molecule has 3 aromatic heterocycles. The predicted molar refractivity (Wildman–Crippen MR) is 117 cm³/mol. The van der Waals surface area contributed by atoms with E-state index in [1.807, 2.05) is 4.90 Å². The van der Waals surface area contributed by atoms with Crippen LogP contribution in [0.3, 0.4) is 0 Å². The molecule has 0 radical (unpaired) electrons. The van der Waals surface area contributed by atoms with Crippen LogP contribution >= 0.6 is 0 Å². The first-order chi connectivity index (χ1) is 16.1.